The van der Waals surface area contributed by atoms with Gasteiger partial charge >= 0.3 is 6.09 Å². The average Bonchev–Trinajstić information content (AvgIpc) is 2.86. The number of carboxylic acid groups (broad SMARTS) is 1. The van der Waals surface area contributed by atoms with Crippen LogP contribution in [0.3, 0.4) is 0 Å². The number of anilines is 1. The number of ether oxygens (including phenoxy) is 2. The van der Waals surface area contributed by atoms with Crippen molar-refractivity contribution < 1.29 is 29.3 Å². The second-order valence-electron chi connectivity index (χ2n) is 7.78. The normalized spacial score (nSPS) is 10.5. The van der Waals surface area contributed by atoms with Crippen LogP contribution in [0.1, 0.15) is 11.1 Å². The van der Waals surface area contributed by atoms with E-state index in [0.29, 0.717) is 30.0 Å². The van der Waals surface area contributed by atoms with Crippen LogP contribution in [0.5, 0.6) is 11.5 Å². The summed E-state index contributed by atoms with van der Waals surface area (Å²) in [6.45, 7) is -0.0582. The van der Waals surface area contributed by atoms with Crippen molar-refractivity contribution in [3.05, 3.63) is 76.8 Å². The van der Waals surface area contributed by atoms with Crippen LogP contribution in [0, 0.1) is 0 Å². The molecule has 35 heavy (non-hydrogen) atoms. The molecule has 0 radical (unpaired) electrons. The molecule has 0 bridgehead atoms. The van der Waals surface area contributed by atoms with E-state index in [1.165, 1.54) is 24.1 Å². The van der Waals surface area contributed by atoms with Gasteiger partial charge in [0.25, 0.3) is 5.91 Å². The molecule has 3 aromatic carbocycles. The molecular weight excluding hydrogens is 472 g/mol. The van der Waals surface area contributed by atoms with Crippen LogP contribution in [0.25, 0.3) is 11.1 Å². The molecule has 8 nitrogen and oxygen atoms in total. The van der Waals surface area contributed by atoms with Gasteiger partial charge in [-0.2, -0.15) is 0 Å². The Labute approximate surface area is 208 Å². The van der Waals surface area contributed by atoms with E-state index in [4.69, 9.17) is 21.1 Å². The van der Waals surface area contributed by atoms with Crippen molar-refractivity contribution in [1.82, 2.24) is 4.90 Å². The number of nitrogens with one attached hydrogen (secondary N) is 1. The lowest BCUT2D eigenvalue weighted by molar-refractivity contribution is -0.132. The Morgan fingerprint density at radius 2 is 1.80 bits per heavy atom. The minimum absolute atomic E-state index is 0.226. The third kappa shape index (κ3) is 6.88. The van der Waals surface area contributed by atoms with E-state index < -0.39 is 6.09 Å². The predicted octanol–water partition coefficient (Wildman–Crippen LogP) is 4.68. The fourth-order valence-electron chi connectivity index (χ4n) is 3.51. The van der Waals surface area contributed by atoms with Crippen LogP contribution in [-0.4, -0.2) is 54.4 Å². The lowest BCUT2D eigenvalue weighted by atomic mass is 10.00. The van der Waals surface area contributed by atoms with Crippen LogP contribution >= 0.6 is 11.6 Å². The lowest BCUT2D eigenvalue weighted by Gasteiger charge is -2.19. The van der Waals surface area contributed by atoms with Gasteiger partial charge in [-0.15, -0.1) is 0 Å². The molecule has 3 aromatic rings. The van der Waals surface area contributed by atoms with Crippen LogP contribution in [0.15, 0.2) is 60.7 Å². The van der Waals surface area contributed by atoms with E-state index in [1.807, 2.05) is 42.5 Å². The first-order valence-corrected chi connectivity index (χ1v) is 11.2. The number of benzene rings is 3. The maximum absolute atomic E-state index is 12.6. The summed E-state index contributed by atoms with van der Waals surface area (Å²) in [5, 5.41) is 21.3. The Hall–Kier alpha value is -3.75. The van der Waals surface area contributed by atoms with Gasteiger partial charge in [-0.05, 0) is 29.7 Å². The molecule has 2 amide bonds. The molecule has 9 heteroatoms. The monoisotopic (exact) mass is 498 g/mol. The number of carbonyl (C=O) groups is 2. The molecule has 0 saturated carbocycles. The number of nitrogens with zero attached hydrogens (tertiary/aromatic N) is 1. The summed E-state index contributed by atoms with van der Waals surface area (Å²) in [5.74, 6) is 0.442. The number of rotatable bonds is 10. The van der Waals surface area contributed by atoms with E-state index in [-0.39, 0.29) is 29.9 Å². The third-order valence-corrected chi connectivity index (χ3v) is 5.72. The Morgan fingerprint density at radius 3 is 2.46 bits per heavy atom. The van der Waals surface area contributed by atoms with Gasteiger partial charge in [0.05, 0.1) is 24.4 Å². The minimum Gasteiger partial charge on any atom is -0.496 e. The van der Waals surface area contributed by atoms with E-state index in [9.17, 15) is 19.8 Å². The lowest BCUT2D eigenvalue weighted by Crippen LogP contribution is -2.33. The Balaban J connectivity index is 1.63. The molecule has 0 fully saturated rings. The topological polar surface area (TPSA) is 108 Å². The number of amides is 2. The molecule has 3 rings (SSSR count). The number of carbonyl (C=O) groups excluding carboxylic acids is 1. The molecule has 0 heterocycles. The predicted molar refractivity (Wildman–Crippen MR) is 134 cm³/mol. The molecule has 184 valence electrons. The van der Waals surface area contributed by atoms with Gasteiger partial charge in [-0.25, -0.2) is 4.79 Å². The fraction of sp³-hybridized carbons (Fsp3) is 0.231. The molecule has 0 aromatic heterocycles. The second-order valence-corrected chi connectivity index (χ2v) is 8.19. The van der Waals surface area contributed by atoms with E-state index in [1.54, 1.807) is 13.1 Å². The van der Waals surface area contributed by atoms with Crippen LogP contribution in [0.4, 0.5) is 10.5 Å². The summed E-state index contributed by atoms with van der Waals surface area (Å²) in [4.78, 5) is 25.4. The number of aliphatic hydroxyl groups is 1. The molecule has 0 aliphatic heterocycles. The van der Waals surface area contributed by atoms with Crippen LogP contribution in [0.2, 0.25) is 5.02 Å². The third-order valence-electron chi connectivity index (χ3n) is 5.43. The highest BCUT2D eigenvalue weighted by Gasteiger charge is 2.15. The first kappa shape index (κ1) is 25.9. The molecular formula is C26H27ClN2O6. The number of halogens is 1. The van der Waals surface area contributed by atoms with Gasteiger partial charge in [0.1, 0.15) is 11.5 Å². The van der Waals surface area contributed by atoms with Crippen molar-refractivity contribution in [3.8, 4) is 22.6 Å². The second kappa shape index (κ2) is 12.1. The number of hydrogen-bond donors (Lipinski definition) is 3. The summed E-state index contributed by atoms with van der Waals surface area (Å²) in [6, 6.07) is 18.1. The zero-order valence-corrected chi connectivity index (χ0v) is 20.2. The van der Waals surface area contributed by atoms with Gasteiger partial charge in [0, 0.05) is 30.8 Å². The Bertz CT molecular complexity index is 1190. The summed E-state index contributed by atoms with van der Waals surface area (Å²) in [7, 11) is 3.13. The first-order chi connectivity index (χ1) is 16.8. The minimum atomic E-state index is -1.15. The van der Waals surface area contributed by atoms with Crippen molar-refractivity contribution in [2.24, 2.45) is 0 Å². The maximum atomic E-state index is 12.6. The van der Waals surface area contributed by atoms with E-state index in [0.717, 1.165) is 16.7 Å². The summed E-state index contributed by atoms with van der Waals surface area (Å²) >= 11 is 6.18. The molecule has 0 aliphatic rings. The molecule has 0 spiro atoms. The fourth-order valence-corrected chi connectivity index (χ4v) is 3.75. The van der Waals surface area contributed by atoms with Crippen molar-refractivity contribution in [2.45, 2.75) is 13.0 Å². The Kier molecular flexibility index (Phi) is 8.94. The van der Waals surface area contributed by atoms with Gasteiger partial charge in [-0.1, -0.05) is 54.1 Å². The quantitative estimate of drug-likeness (QED) is 0.374. The van der Waals surface area contributed by atoms with Gasteiger partial charge in [0.2, 0.25) is 0 Å². The number of methoxy groups -OCH3 is 1. The highest BCUT2D eigenvalue weighted by atomic mass is 35.5. The smallest absolute Gasteiger partial charge is 0.409 e. The summed E-state index contributed by atoms with van der Waals surface area (Å²) in [6.07, 6.45) is -0.628. The number of hydrogen-bond acceptors (Lipinski definition) is 5. The molecule has 0 unspecified atom stereocenters. The number of aliphatic hydroxyl groups excluding tert-OH is 1. The summed E-state index contributed by atoms with van der Waals surface area (Å²) in [5.41, 5.74) is 3.54. The van der Waals surface area contributed by atoms with Gasteiger partial charge in [0.15, 0.2) is 6.61 Å². The van der Waals surface area contributed by atoms with Crippen molar-refractivity contribution in [2.75, 3.05) is 32.6 Å². The van der Waals surface area contributed by atoms with Crippen molar-refractivity contribution in [1.29, 1.82) is 0 Å². The highest BCUT2D eigenvalue weighted by Crippen LogP contribution is 2.33. The van der Waals surface area contributed by atoms with Crippen LogP contribution < -0.4 is 14.8 Å². The van der Waals surface area contributed by atoms with Crippen molar-refractivity contribution in [3.63, 3.8) is 0 Å². The number of likely N-dealkylation sites (N-methyl/N-ethyl adjacent to an activating group) is 1. The van der Waals surface area contributed by atoms with Gasteiger partial charge < -0.3 is 24.6 Å². The molecule has 0 saturated heterocycles. The van der Waals surface area contributed by atoms with E-state index in [2.05, 4.69) is 5.32 Å². The first-order valence-electron chi connectivity index (χ1n) is 10.8. The zero-order chi connectivity index (χ0) is 25.4. The SMILES string of the molecule is COc1cc(OCC(=O)N(C)CCc2ccc(-c3ccccc3)c(NC(=O)O)c2)c(Cl)cc1CO. The molecule has 0 atom stereocenters. The standard InChI is InChI=1S/C26H27ClN2O6/c1-29(25(31)16-35-24-14-23(34-2)19(15-30)13-21(24)27)11-10-17-8-9-20(18-6-4-3-5-7-18)22(12-17)28-26(32)33/h3-9,12-14,28,30H,10-11,15-16H2,1-2H3,(H,32,33). The van der Waals surface area contributed by atoms with E-state index >= 15 is 0 Å². The maximum Gasteiger partial charge on any atom is 0.409 e. The largest absolute Gasteiger partial charge is 0.496 e. The molecule has 3 N–H and O–H groups in total. The van der Waals surface area contributed by atoms with Crippen LogP contribution in [-0.2, 0) is 17.8 Å². The highest BCUT2D eigenvalue weighted by molar-refractivity contribution is 6.32. The average molecular weight is 499 g/mol. The molecule has 0 aliphatic carbocycles. The van der Waals surface area contributed by atoms with Crippen molar-refractivity contribution >= 4 is 29.3 Å². The summed E-state index contributed by atoms with van der Waals surface area (Å²) < 4.78 is 10.8. The Morgan fingerprint density at radius 1 is 1.06 bits per heavy atom. The van der Waals surface area contributed by atoms with Gasteiger partial charge in [-0.3, -0.25) is 10.1 Å². The zero-order valence-electron chi connectivity index (χ0n) is 19.5.